The first kappa shape index (κ1) is 13.8. The summed E-state index contributed by atoms with van der Waals surface area (Å²) in [5.41, 5.74) is 1.71. The van der Waals surface area contributed by atoms with Crippen LogP contribution in [0.1, 0.15) is 18.5 Å². The summed E-state index contributed by atoms with van der Waals surface area (Å²) in [6, 6.07) is 11.6. The van der Waals surface area contributed by atoms with Crippen molar-refractivity contribution in [2.24, 2.45) is 5.92 Å². The average Bonchev–Trinajstić information content (AvgIpc) is 3.03. The number of hydrogen-bond donors (Lipinski definition) is 1. The number of carbonyl (C=O) groups excluding carboxylic acids is 1. The first-order valence-corrected chi connectivity index (χ1v) is 7.19. The maximum atomic E-state index is 12.0. The number of ether oxygens (including phenoxy) is 1. The molecular formula is C16H18N2O3. The van der Waals surface area contributed by atoms with Gasteiger partial charge in [0.05, 0.1) is 6.54 Å². The summed E-state index contributed by atoms with van der Waals surface area (Å²) in [7, 11) is 0. The molecule has 1 N–H and O–H groups in total. The van der Waals surface area contributed by atoms with Crippen LogP contribution in [0.4, 0.5) is 0 Å². The Labute approximate surface area is 123 Å². The SMILES string of the molecule is O=C(NCc1cc(-c2ccccc2)on1)C1CCOCC1. The second-order valence-electron chi connectivity index (χ2n) is 5.15. The summed E-state index contributed by atoms with van der Waals surface area (Å²) in [4.78, 5) is 12.0. The summed E-state index contributed by atoms with van der Waals surface area (Å²) in [6.07, 6.45) is 1.58. The van der Waals surface area contributed by atoms with Crippen LogP contribution in [-0.4, -0.2) is 24.3 Å². The Morgan fingerprint density at radius 1 is 1.24 bits per heavy atom. The first-order chi connectivity index (χ1) is 10.3. The number of nitrogens with one attached hydrogen (secondary N) is 1. The normalized spacial score (nSPS) is 15.8. The second-order valence-corrected chi connectivity index (χ2v) is 5.15. The van der Waals surface area contributed by atoms with E-state index in [0.717, 1.165) is 24.1 Å². The van der Waals surface area contributed by atoms with Crippen molar-refractivity contribution >= 4 is 5.91 Å². The van der Waals surface area contributed by atoms with E-state index < -0.39 is 0 Å². The fourth-order valence-electron chi connectivity index (χ4n) is 2.42. The molecule has 1 fully saturated rings. The number of amides is 1. The van der Waals surface area contributed by atoms with E-state index >= 15 is 0 Å². The summed E-state index contributed by atoms with van der Waals surface area (Å²) >= 11 is 0. The lowest BCUT2D eigenvalue weighted by atomic mass is 9.99. The van der Waals surface area contributed by atoms with Gasteiger partial charge in [-0.15, -0.1) is 0 Å². The van der Waals surface area contributed by atoms with Crippen molar-refractivity contribution in [3.63, 3.8) is 0 Å². The highest BCUT2D eigenvalue weighted by Crippen LogP contribution is 2.20. The monoisotopic (exact) mass is 286 g/mol. The largest absolute Gasteiger partial charge is 0.381 e. The molecule has 1 aromatic carbocycles. The fourth-order valence-corrected chi connectivity index (χ4v) is 2.42. The molecular weight excluding hydrogens is 268 g/mol. The molecule has 1 saturated heterocycles. The van der Waals surface area contributed by atoms with Crippen LogP contribution in [0.5, 0.6) is 0 Å². The van der Waals surface area contributed by atoms with Crippen LogP contribution in [0.3, 0.4) is 0 Å². The van der Waals surface area contributed by atoms with Crippen molar-refractivity contribution in [1.29, 1.82) is 0 Å². The van der Waals surface area contributed by atoms with Crippen molar-refractivity contribution in [2.75, 3.05) is 13.2 Å². The van der Waals surface area contributed by atoms with Gasteiger partial charge in [-0.1, -0.05) is 35.5 Å². The predicted molar refractivity (Wildman–Crippen MR) is 77.3 cm³/mol. The zero-order valence-corrected chi connectivity index (χ0v) is 11.7. The topological polar surface area (TPSA) is 64.4 Å². The minimum atomic E-state index is 0.0549. The maximum absolute atomic E-state index is 12.0. The molecule has 3 rings (SSSR count). The number of carbonyl (C=O) groups is 1. The molecule has 1 aliphatic rings. The van der Waals surface area contributed by atoms with E-state index in [1.54, 1.807) is 0 Å². The van der Waals surface area contributed by atoms with Crippen LogP contribution >= 0.6 is 0 Å². The number of hydrogen-bond acceptors (Lipinski definition) is 4. The zero-order valence-electron chi connectivity index (χ0n) is 11.7. The molecule has 0 unspecified atom stereocenters. The molecule has 1 aliphatic heterocycles. The van der Waals surface area contributed by atoms with Crippen molar-refractivity contribution in [1.82, 2.24) is 10.5 Å². The molecule has 5 nitrogen and oxygen atoms in total. The van der Waals surface area contributed by atoms with Crippen molar-refractivity contribution in [2.45, 2.75) is 19.4 Å². The van der Waals surface area contributed by atoms with Gasteiger partial charge in [0.25, 0.3) is 0 Å². The van der Waals surface area contributed by atoms with E-state index in [-0.39, 0.29) is 11.8 Å². The van der Waals surface area contributed by atoms with Crippen LogP contribution in [-0.2, 0) is 16.1 Å². The van der Waals surface area contributed by atoms with E-state index in [2.05, 4.69) is 10.5 Å². The van der Waals surface area contributed by atoms with Gasteiger partial charge in [-0.25, -0.2) is 0 Å². The van der Waals surface area contributed by atoms with Crippen LogP contribution < -0.4 is 5.32 Å². The van der Waals surface area contributed by atoms with E-state index in [1.165, 1.54) is 0 Å². The van der Waals surface area contributed by atoms with Gasteiger partial charge in [-0.3, -0.25) is 4.79 Å². The standard InChI is InChI=1S/C16H18N2O3/c19-16(13-6-8-20-9-7-13)17-11-14-10-15(21-18-14)12-4-2-1-3-5-12/h1-5,10,13H,6-9,11H2,(H,17,19). The quantitative estimate of drug-likeness (QED) is 0.937. The third-order valence-corrected chi connectivity index (χ3v) is 3.65. The minimum absolute atomic E-state index is 0.0549. The molecule has 0 radical (unpaired) electrons. The highest BCUT2D eigenvalue weighted by Gasteiger charge is 2.21. The Morgan fingerprint density at radius 3 is 2.76 bits per heavy atom. The third kappa shape index (κ3) is 3.49. The zero-order chi connectivity index (χ0) is 14.5. The fraction of sp³-hybridized carbons (Fsp3) is 0.375. The summed E-state index contributed by atoms with van der Waals surface area (Å²) < 4.78 is 10.6. The van der Waals surface area contributed by atoms with Gasteiger partial charge in [-0.2, -0.15) is 0 Å². The predicted octanol–water partition coefficient (Wildman–Crippen LogP) is 2.38. The molecule has 110 valence electrons. The highest BCUT2D eigenvalue weighted by atomic mass is 16.5. The van der Waals surface area contributed by atoms with Crippen molar-refractivity contribution in [3.05, 3.63) is 42.1 Å². The summed E-state index contributed by atoms with van der Waals surface area (Å²) in [6.45, 7) is 1.73. The number of benzene rings is 1. The van der Waals surface area contributed by atoms with Gasteiger partial charge < -0.3 is 14.6 Å². The number of aromatic nitrogens is 1. The van der Waals surface area contributed by atoms with Gasteiger partial charge >= 0.3 is 0 Å². The summed E-state index contributed by atoms with van der Waals surface area (Å²) in [5.74, 6) is 0.840. The molecule has 0 aliphatic carbocycles. The molecule has 1 amide bonds. The first-order valence-electron chi connectivity index (χ1n) is 7.19. The Morgan fingerprint density at radius 2 is 2.00 bits per heavy atom. The van der Waals surface area contributed by atoms with E-state index in [1.807, 2.05) is 36.4 Å². The molecule has 21 heavy (non-hydrogen) atoms. The van der Waals surface area contributed by atoms with Crippen molar-refractivity contribution < 1.29 is 14.1 Å². The Balaban J connectivity index is 1.56. The number of nitrogens with zero attached hydrogens (tertiary/aromatic N) is 1. The van der Waals surface area contributed by atoms with Crippen LogP contribution in [0.25, 0.3) is 11.3 Å². The molecule has 0 saturated carbocycles. The number of rotatable bonds is 4. The highest BCUT2D eigenvalue weighted by molar-refractivity contribution is 5.78. The molecule has 1 aromatic heterocycles. The molecule has 2 heterocycles. The van der Waals surface area contributed by atoms with Gasteiger partial charge in [0.2, 0.25) is 5.91 Å². The lowest BCUT2D eigenvalue weighted by molar-refractivity contribution is -0.128. The molecule has 5 heteroatoms. The third-order valence-electron chi connectivity index (χ3n) is 3.65. The molecule has 0 spiro atoms. The van der Waals surface area contributed by atoms with Crippen LogP contribution in [0, 0.1) is 5.92 Å². The Hall–Kier alpha value is -2.14. The van der Waals surface area contributed by atoms with E-state index in [9.17, 15) is 4.79 Å². The lowest BCUT2D eigenvalue weighted by Gasteiger charge is -2.20. The Kier molecular flexibility index (Phi) is 4.31. The van der Waals surface area contributed by atoms with E-state index in [4.69, 9.17) is 9.26 Å². The Bertz CT molecular complexity index is 589. The van der Waals surface area contributed by atoms with Gasteiger partial charge in [0.15, 0.2) is 5.76 Å². The van der Waals surface area contributed by atoms with Crippen molar-refractivity contribution in [3.8, 4) is 11.3 Å². The molecule has 0 bridgehead atoms. The van der Waals surface area contributed by atoms with Crippen LogP contribution in [0.2, 0.25) is 0 Å². The van der Waals surface area contributed by atoms with Gasteiger partial charge in [-0.05, 0) is 12.8 Å². The minimum Gasteiger partial charge on any atom is -0.381 e. The maximum Gasteiger partial charge on any atom is 0.223 e. The molecule has 0 atom stereocenters. The smallest absolute Gasteiger partial charge is 0.223 e. The second kappa shape index (κ2) is 6.54. The molecule has 2 aromatic rings. The van der Waals surface area contributed by atoms with Gasteiger partial charge in [0.1, 0.15) is 5.69 Å². The average molecular weight is 286 g/mol. The summed E-state index contributed by atoms with van der Waals surface area (Å²) in [5, 5.41) is 6.91. The van der Waals surface area contributed by atoms with Gasteiger partial charge in [0, 0.05) is 30.8 Å². The van der Waals surface area contributed by atoms with E-state index in [0.29, 0.717) is 25.5 Å². The lowest BCUT2D eigenvalue weighted by Crippen LogP contribution is -2.33. The van der Waals surface area contributed by atoms with Crippen LogP contribution in [0.15, 0.2) is 40.9 Å².